The van der Waals surface area contributed by atoms with E-state index in [9.17, 15) is 14.7 Å². The van der Waals surface area contributed by atoms with Gasteiger partial charge in [-0.15, -0.1) is 11.3 Å². The van der Waals surface area contributed by atoms with Crippen LogP contribution in [0.2, 0.25) is 4.34 Å². The fraction of sp³-hybridized carbons (Fsp3) is 0.188. The third kappa shape index (κ3) is 3.75. The molecule has 10 nitrogen and oxygen atoms in total. The number of carboxylic acids is 1. The lowest BCUT2D eigenvalue weighted by molar-refractivity contribution is 0.0683. The predicted molar refractivity (Wildman–Crippen MR) is 98.8 cm³/mol. The Morgan fingerprint density at radius 1 is 1.36 bits per heavy atom. The molecule has 0 aromatic carbocycles. The SMILES string of the molecule is O=C(NC1=NCCO1)c1cc(C(=O)O)n(Cc2cc(-c3ccc(Cl)s3)on2)n1. The van der Waals surface area contributed by atoms with Crippen molar-refractivity contribution >= 4 is 40.8 Å². The first-order chi connectivity index (χ1) is 13.5. The molecule has 2 N–H and O–H groups in total. The number of hydrogen-bond donors (Lipinski definition) is 2. The van der Waals surface area contributed by atoms with Crippen molar-refractivity contribution in [2.45, 2.75) is 6.54 Å². The summed E-state index contributed by atoms with van der Waals surface area (Å²) in [5, 5.41) is 19.9. The molecule has 3 aromatic rings. The number of halogens is 1. The zero-order valence-corrected chi connectivity index (χ0v) is 15.7. The summed E-state index contributed by atoms with van der Waals surface area (Å²) < 4.78 is 12.2. The van der Waals surface area contributed by atoms with Gasteiger partial charge in [-0.25, -0.2) is 9.79 Å². The van der Waals surface area contributed by atoms with E-state index in [0.29, 0.717) is 28.9 Å². The summed E-state index contributed by atoms with van der Waals surface area (Å²) in [6, 6.07) is 6.46. The number of amidine groups is 1. The molecule has 1 aliphatic rings. The fourth-order valence-electron chi connectivity index (χ4n) is 2.49. The van der Waals surface area contributed by atoms with Crippen LogP contribution in [-0.4, -0.2) is 51.1 Å². The van der Waals surface area contributed by atoms with Crippen LogP contribution in [0.25, 0.3) is 10.6 Å². The number of carbonyl (C=O) groups is 2. The normalized spacial score (nSPS) is 13.2. The molecule has 0 aliphatic carbocycles. The number of hydrogen-bond acceptors (Lipinski definition) is 8. The van der Waals surface area contributed by atoms with Crippen molar-refractivity contribution in [3.05, 3.63) is 45.7 Å². The number of amides is 1. The topological polar surface area (TPSA) is 132 Å². The van der Waals surface area contributed by atoms with Gasteiger partial charge in [0.15, 0.2) is 11.5 Å². The third-order valence-electron chi connectivity index (χ3n) is 3.72. The number of carboxylic acid groups (broad SMARTS) is 1. The summed E-state index contributed by atoms with van der Waals surface area (Å²) in [5.74, 6) is -1.34. The largest absolute Gasteiger partial charge is 0.477 e. The summed E-state index contributed by atoms with van der Waals surface area (Å²) in [6.45, 7) is 0.845. The van der Waals surface area contributed by atoms with Crippen LogP contribution in [0, 0.1) is 0 Å². The molecule has 28 heavy (non-hydrogen) atoms. The van der Waals surface area contributed by atoms with Crippen molar-refractivity contribution in [2.75, 3.05) is 13.2 Å². The summed E-state index contributed by atoms with van der Waals surface area (Å²) in [4.78, 5) is 28.5. The Kier molecular flexibility index (Phi) is 4.84. The van der Waals surface area contributed by atoms with E-state index in [1.54, 1.807) is 18.2 Å². The second kappa shape index (κ2) is 7.44. The maximum Gasteiger partial charge on any atom is 0.354 e. The molecule has 1 aliphatic heterocycles. The first kappa shape index (κ1) is 18.2. The van der Waals surface area contributed by atoms with E-state index in [0.717, 1.165) is 9.56 Å². The second-order valence-electron chi connectivity index (χ2n) is 5.65. The molecular formula is C16H12ClN5O5S. The molecule has 1 amide bonds. The summed E-state index contributed by atoms with van der Waals surface area (Å²) >= 11 is 7.25. The second-order valence-corrected chi connectivity index (χ2v) is 7.37. The molecule has 0 radical (unpaired) electrons. The first-order valence-electron chi connectivity index (χ1n) is 8.00. The van der Waals surface area contributed by atoms with Crippen LogP contribution in [0.4, 0.5) is 0 Å². The maximum absolute atomic E-state index is 12.2. The molecular weight excluding hydrogens is 410 g/mol. The fourth-order valence-corrected chi connectivity index (χ4v) is 3.49. The highest BCUT2D eigenvalue weighted by Crippen LogP contribution is 2.31. The Hall–Kier alpha value is -3.18. The molecule has 144 valence electrons. The van der Waals surface area contributed by atoms with Gasteiger partial charge in [-0.3, -0.25) is 14.8 Å². The number of carbonyl (C=O) groups excluding carboxylic acids is 1. The zero-order valence-electron chi connectivity index (χ0n) is 14.1. The number of aromatic carboxylic acids is 1. The van der Waals surface area contributed by atoms with Gasteiger partial charge in [0.1, 0.15) is 18.0 Å². The smallest absolute Gasteiger partial charge is 0.354 e. The highest BCUT2D eigenvalue weighted by molar-refractivity contribution is 7.19. The molecule has 4 heterocycles. The zero-order chi connectivity index (χ0) is 19.7. The average molecular weight is 422 g/mol. The van der Waals surface area contributed by atoms with Gasteiger partial charge < -0.3 is 14.4 Å². The molecule has 0 bridgehead atoms. The molecule has 4 rings (SSSR count). The molecule has 0 atom stereocenters. The minimum absolute atomic E-state index is 0.00890. The highest BCUT2D eigenvalue weighted by Gasteiger charge is 2.22. The van der Waals surface area contributed by atoms with Gasteiger partial charge in [-0.1, -0.05) is 16.8 Å². The van der Waals surface area contributed by atoms with Crippen LogP contribution in [0.5, 0.6) is 0 Å². The van der Waals surface area contributed by atoms with Crippen molar-refractivity contribution in [1.29, 1.82) is 0 Å². The van der Waals surface area contributed by atoms with E-state index in [-0.39, 0.29) is 24.0 Å². The van der Waals surface area contributed by atoms with Crippen LogP contribution in [-0.2, 0) is 11.3 Å². The molecule has 0 spiro atoms. The van der Waals surface area contributed by atoms with Crippen molar-refractivity contribution < 1.29 is 24.0 Å². The van der Waals surface area contributed by atoms with Crippen LogP contribution in [0.15, 0.2) is 33.8 Å². The van der Waals surface area contributed by atoms with E-state index in [1.807, 2.05) is 0 Å². The van der Waals surface area contributed by atoms with Crippen LogP contribution >= 0.6 is 22.9 Å². The van der Waals surface area contributed by atoms with Gasteiger partial charge in [0, 0.05) is 12.1 Å². The van der Waals surface area contributed by atoms with Crippen LogP contribution < -0.4 is 5.32 Å². The number of thiophene rings is 1. The Morgan fingerprint density at radius 3 is 2.89 bits per heavy atom. The Bertz CT molecular complexity index is 1090. The molecule has 0 unspecified atom stereocenters. The van der Waals surface area contributed by atoms with E-state index < -0.39 is 11.9 Å². The van der Waals surface area contributed by atoms with E-state index in [1.165, 1.54) is 17.4 Å². The standard InChI is InChI=1S/C16H12ClN5O5S/c17-13-2-1-12(28-13)11-5-8(21-27-11)7-22-10(15(24)25)6-9(20-22)14(23)19-16-18-3-4-26-16/h1-2,5-6H,3-4,7H2,(H,24,25)(H,18,19,23). The number of rotatable bonds is 5. The summed E-state index contributed by atoms with van der Waals surface area (Å²) in [6.07, 6.45) is 0. The number of nitrogens with one attached hydrogen (secondary N) is 1. The van der Waals surface area contributed by atoms with Crippen molar-refractivity contribution in [3.8, 4) is 10.6 Å². The van der Waals surface area contributed by atoms with Gasteiger partial charge >= 0.3 is 5.97 Å². The monoisotopic (exact) mass is 421 g/mol. The van der Waals surface area contributed by atoms with Crippen LogP contribution in [0.1, 0.15) is 26.7 Å². The van der Waals surface area contributed by atoms with Gasteiger partial charge in [0.25, 0.3) is 11.9 Å². The van der Waals surface area contributed by atoms with E-state index in [4.69, 9.17) is 20.9 Å². The molecule has 3 aromatic heterocycles. The Morgan fingerprint density at radius 2 is 2.21 bits per heavy atom. The lowest BCUT2D eigenvalue weighted by Crippen LogP contribution is -2.31. The number of aromatic nitrogens is 3. The molecule has 0 fully saturated rings. The highest BCUT2D eigenvalue weighted by atomic mass is 35.5. The summed E-state index contributed by atoms with van der Waals surface area (Å²) in [5.41, 5.74) is 0.202. The first-order valence-corrected chi connectivity index (χ1v) is 9.20. The van der Waals surface area contributed by atoms with E-state index >= 15 is 0 Å². The van der Waals surface area contributed by atoms with Gasteiger partial charge in [0.05, 0.1) is 22.3 Å². The Labute approximate surface area is 166 Å². The maximum atomic E-state index is 12.2. The molecule has 0 saturated carbocycles. The molecule has 0 saturated heterocycles. The number of aliphatic imine (C=N–C) groups is 1. The lowest BCUT2D eigenvalue weighted by Gasteiger charge is -2.02. The molecule has 12 heteroatoms. The van der Waals surface area contributed by atoms with Crippen LogP contribution in [0.3, 0.4) is 0 Å². The van der Waals surface area contributed by atoms with Crippen molar-refractivity contribution in [3.63, 3.8) is 0 Å². The summed E-state index contributed by atoms with van der Waals surface area (Å²) in [7, 11) is 0. The average Bonchev–Trinajstić information content (AvgIpc) is 3.41. The van der Waals surface area contributed by atoms with Gasteiger partial charge in [0.2, 0.25) is 0 Å². The number of ether oxygens (including phenoxy) is 1. The lowest BCUT2D eigenvalue weighted by atomic mass is 10.3. The van der Waals surface area contributed by atoms with Gasteiger partial charge in [-0.05, 0) is 12.1 Å². The minimum atomic E-state index is -1.23. The minimum Gasteiger partial charge on any atom is -0.477 e. The quantitative estimate of drug-likeness (QED) is 0.644. The number of nitrogens with zero attached hydrogens (tertiary/aromatic N) is 4. The van der Waals surface area contributed by atoms with Crippen molar-refractivity contribution in [1.82, 2.24) is 20.3 Å². The van der Waals surface area contributed by atoms with Crippen molar-refractivity contribution in [2.24, 2.45) is 4.99 Å². The third-order valence-corrected chi connectivity index (χ3v) is 4.97. The Balaban J connectivity index is 1.55. The van der Waals surface area contributed by atoms with E-state index in [2.05, 4.69) is 20.6 Å². The predicted octanol–water partition coefficient (Wildman–Crippen LogP) is 2.12. The van der Waals surface area contributed by atoms with Gasteiger partial charge in [-0.2, -0.15) is 5.10 Å².